The summed E-state index contributed by atoms with van der Waals surface area (Å²) in [6, 6.07) is 0. The van der Waals surface area contributed by atoms with E-state index in [4.69, 9.17) is 0 Å². The van der Waals surface area contributed by atoms with Crippen LogP contribution in [0.5, 0.6) is 0 Å². The van der Waals surface area contributed by atoms with Crippen molar-refractivity contribution in [2.75, 3.05) is 18.1 Å². The van der Waals surface area contributed by atoms with Gasteiger partial charge in [-0.05, 0) is 13.8 Å². The summed E-state index contributed by atoms with van der Waals surface area (Å²) >= 11 is 3.13. The molecule has 0 aromatic heterocycles. The van der Waals surface area contributed by atoms with Gasteiger partial charge in [-0.25, -0.2) is 8.42 Å². The molecule has 13 heavy (non-hydrogen) atoms. The van der Waals surface area contributed by atoms with Gasteiger partial charge < -0.3 is 5.32 Å². The molecule has 0 aliphatic carbocycles. The van der Waals surface area contributed by atoms with E-state index in [-0.39, 0.29) is 0 Å². The number of alkyl halides is 1. The second-order valence-electron chi connectivity index (χ2n) is 3.23. The Morgan fingerprint density at radius 3 is 2.23 bits per heavy atom. The number of amides is 1. The molecular formula is C7H14BrNO3S. The number of carbonyl (C=O) groups excluding carboxylic acids is 1. The molecule has 0 radical (unpaired) electrons. The van der Waals surface area contributed by atoms with Crippen molar-refractivity contribution in [3.05, 3.63) is 0 Å². The maximum absolute atomic E-state index is 11.4. The minimum atomic E-state index is -3.36. The molecule has 0 bridgehead atoms. The zero-order chi connectivity index (χ0) is 10.7. The fraction of sp³-hybridized carbons (Fsp3) is 0.857. The monoisotopic (exact) mass is 271 g/mol. The van der Waals surface area contributed by atoms with Crippen LogP contribution in [0.25, 0.3) is 0 Å². The highest BCUT2D eigenvalue weighted by Crippen LogP contribution is 2.14. The van der Waals surface area contributed by atoms with Crippen molar-refractivity contribution in [1.82, 2.24) is 5.32 Å². The van der Waals surface area contributed by atoms with Crippen LogP contribution in [0.4, 0.5) is 0 Å². The largest absolute Gasteiger partial charge is 0.354 e. The summed E-state index contributed by atoms with van der Waals surface area (Å²) in [5, 5.41) is 3.12. The van der Waals surface area contributed by atoms with Crippen molar-refractivity contribution < 1.29 is 13.2 Å². The molecule has 0 fully saturated rings. The highest BCUT2D eigenvalue weighted by atomic mass is 79.9. The Bertz CT molecular complexity index is 284. The standard InChI is InChI=1S/C7H14BrNO3S/c1-7(2,13(3,11)12)6(10)9-5-4-8/h4-5H2,1-3H3,(H,9,10). The minimum Gasteiger partial charge on any atom is -0.354 e. The Morgan fingerprint density at radius 2 is 1.92 bits per heavy atom. The van der Waals surface area contributed by atoms with E-state index in [9.17, 15) is 13.2 Å². The lowest BCUT2D eigenvalue weighted by molar-refractivity contribution is -0.122. The summed E-state index contributed by atoms with van der Waals surface area (Å²) in [5.74, 6) is -0.463. The van der Waals surface area contributed by atoms with E-state index in [1.165, 1.54) is 13.8 Å². The summed E-state index contributed by atoms with van der Waals surface area (Å²) in [6.07, 6.45) is 1.06. The van der Waals surface area contributed by atoms with E-state index in [0.29, 0.717) is 11.9 Å². The molecule has 0 aromatic rings. The Kier molecular flexibility index (Phi) is 4.38. The smallest absolute Gasteiger partial charge is 0.240 e. The fourth-order valence-electron chi connectivity index (χ4n) is 0.542. The van der Waals surface area contributed by atoms with E-state index < -0.39 is 20.5 Å². The number of rotatable bonds is 4. The lowest BCUT2D eigenvalue weighted by Gasteiger charge is -2.20. The van der Waals surface area contributed by atoms with Crippen molar-refractivity contribution in [1.29, 1.82) is 0 Å². The molecular weight excluding hydrogens is 258 g/mol. The van der Waals surface area contributed by atoms with Crippen LogP contribution in [-0.4, -0.2) is 37.2 Å². The van der Waals surface area contributed by atoms with Crippen LogP contribution in [0, 0.1) is 0 Å². The van der Waals surface area contributed by atoms with Crippen molar-refractivity contribution in [2.45, 2.75) is 18.6 Å². The zero-order valence-corrected chi connectivity index (χ0v) is 10.3. The first-order valence-electron chi connectivity index (χ1n) is 3.77. The SMILES string of the molecule is CC(C)(C(=O)NCCBr)S(C)(=O)=O. The van der Waals surface area contributed by atoms with Gasteiger partial charge in [0.1, 0.15) is 4.75 Å². The molecule has 0 atom stereocenters. The molecule has 4 nitrogen and oxygen atoms in total. The molecule has 0 aliphatic rings. The van der Waals surface area contributed by atoms with E-state index in [0.717, 1.165) is 6.26 Å². The molecule has 0 saturated heterocycles. The first-order chi connectivity index (χ1) is 5.73. The number of nitrogens with one attached hydrogen (secondary N) is 1. The van der Waals surface area contributed by atoms with E-state index >= 15 is 0 Å². The molecule has 0 unspecified atom stereocenters. The van der Waals surface area contributed by atoms with Gasteiger partial charge in [0.2, 0.25) is 5.91 Å². The van der Waals surface area contributed by atoms with Gasteiger partial charge >= 0.3 is 0 Å². The molecule has 0 heterocycles. The average Bonchev–Trinajstić information content (AvgIpc) is 1.97. The van der Waals surface area contributed by atoms with Gasteiger partial charge in [0, 0.05) is 18.1 Å². The van der Waals surface area contributed by atoms with E-state index in [2.05, 4.69) is 21.2 Å². The normalized spacial score (nSPS) is 12.6. The lowest BCUT2D eigenvalue weighted by atomic mass is 10.2. The van der Waals surface area contributed by atoms with Crippen LogP contribution in [0.15, 0.2) is 0 Å². The summed E-state index contributed by atoms with van der Waals surface area (Å²) in [4.78, 5) is 11.4. The van der Waals surface area contributed by atoms with Gasteiger partial charge in [-0.3, -0.25) is 4.79 Å². The van der Waals surface area contributed by atoms with E-state index in [1.807, 2.05) is 0 Å². The molecule has 1 amide bonds. The predicted molar refractivity (Wildman–Crippen MR) is 55.7 cm³/mol. The third-order valence-corrected chi connectivity index (χ3v) is 4.29. The predicted octanol–water partition coefficient (Wildman–Crippen LogP) is 0.321. The Balaban J connectivity index is 4.57. The van der Waals surface area contributed by atoms with Crippen LogP contribution in [0.2, 0.25) is 0 Å². The van der Waals surface area contributed by atoms with Gasteiger partial charge in [0.15, 0.2) is 9.84 Å². The molecule has 0 saturated carbocycles. The molecule has 0 aliphatic heterocycles. The second kappa shape index (κ2) is 4.41. The van der Waals surface area contributed by atoms with Crippen LogP contribution < -0.4 is 5.32 Å². The Hall–Kier alpha value is -0.100. The number of halogens is 1. The number of hydrogen-bond acceptors (Lipinski definition) is 3. The highest BCUT2D eigenvalue weighted by molar-refractivity contribution is 9.09. The van der Waals surface area contributed by atoms with E-state index in [1.54, 1.807) is 0 Å². The summed E-state index contributed by atoms with van der Waals surface area (Å²) in [6.45, 7) is 3.22. The fourth-order valence-corrected chi connectivity index (χ4v) is 1.15. The van der Waals surface area contributed by atoms with Crippen molar-refractivity contribution in [2.24, 2.45) is 0 Å². The van der Waals surface area contributed by atoms with Gasteiger partial charge in [-0.1, -0.05) is 15.9 Å². The summed E-state index contributed by atoms with van der Waals surface area (Å²) < 4.78 is 21.0. The topological polar surface area (TPSA) is 63.2 Å². The quantitative estimate of drug-likeness (QED) is 0.750. The van der Waals surface area contributed by atoms with Crippen LogP contribution >= 0.6 is 15.9 Å². The molecule has 0 rings (SSSR count). The highest BCUT2D eigenvalue weighted by Gasteiger charge is 2.37. The first kappa shape index (κ1) is 12.9. The Labute approximate surface area is 87.1 Å². The average molecular weight is 272 g/mol. The van der Waals surface area contributed by atoms with Crippen LogP contribution in [0.3, 0.4) is 0 Å². The number of carbonyl (C=O) groups is 1. The molecule has 78 valence electrons. The maximum Gasteiger partial charge on any atom is 0.240 e. The lowest BCUT2D eigenvalue weighted by Crippen LogP contribution is -2.47. The zero-order valence-electron chi connectivity index (χ0n) is 7.93. The van der Waals surface area contributed by atoms with Crippen LogP contribution in [-0.2, 0) is 14.6 Å². The number of hydrogen-bond donors (Lipinski definition) is 1. The number of sulfone groups is 1. The van der Waals surface area contributed by atoms with Gasteiger partial charge in [-0.2, -0.15) is 0 Å². The van der Waals surface area contributed by atoms with Crippen molar-refractivity contribution >= 4 is 31.7 Å². The summed E-state index contributed by atoms with van der Waals surface area (Å²) in [5.41, 5.74) is 0. The molecule has 0 spiro atoms. The van der Waals surface area contributed by atoms with Gasteiger partial charge in [0.05, 0.1) is 0 Å². The molecule has 1 N–H and O–H groups in total. The summed E-state index contributed by atoms with van der Waals surface area (Å²) in [7, 11) is -3.36. The minimum absolute atomic E-state index is 0.428. The first-order valence-corrected chi connectivity index (χ1v) is 6.78. The Morgan fingerprint density at radius 1 is 1.46 bits per heavy atom. The van der Waals surface area contributed by atoms with Crippen molar-refractivity contribution in [3.8, 4) is 0 Å². The van der Waals surface area contributed by atoms with Crippen molar-refractivity contribution in [3.63, 3.8) is 0 Å². The van der Waals surface area contributed by atoms with Gasteiger partial charge in [-0.15, -0.1) is 0 Å². The molecule has 6 heteroatoms. The van der Waals surface area contributed by atoms with Crippen LogP contribution in [0.1, 0.15) is 13.8 Å². The molecule has 0 aromatic carbocycles. The van der Waals surface area contributed by atoms with Gasteiger partial charge in [0.25, 0.3) is 0 Å². The maximum atomic E-state index is 11.4. The third-order valence-electron chi connectivity index (χ3n) is 1.85. The third kappa shape index (κ3) is 3.27. The second-order valence-corrected chi connectivity index (χ2v) is 6.59.